The topological polar surface area (TPSA) is 109 Å². The van der Waals surface area contributed by atoms with Gasteiger partial charge in [0.1, 0.15) is 23.1 Å². The van der Waals surface area contributed by atoms with Crippen LogP contribution in [0.5, 0.6) is 11.5 Å². The third-order valence-corrected chi connectivity index (χ3v) is 7.67. The number of nitrogen functional groups attached to an aromatic ring is 1. The van der Waals surface area contributed by atoms with E-state index in [4.69, 9.17) is 24.6 Å². The number of rotatable bonds is 4. The maximum atomic E-state index is 6.35. The lowest BCUT2D eigenvalue weighted by atomic mass is 10.1. The van der Waals surface area contributed by atoms with Crippen LogP contribution in [0.3, 0.4) is 0 Å². The lowest BCUT2D eigenvalue weighted by molar-refractivity contribution is 0.0686. The van der Waals surface area contributed by atoms with Gasteiger partial charge in [-0.1, -0.05) is 30.3 Å². The first-order valence-corrected chi connectivity index (χ1v) is 12.5. The maximum absolute atomic E-state index is 6.35. The first-order valence-electron chi connectivity index (χ1n) is 10.7. The van der Waals surface area contributed by atoms with Crippen LogP contribution >= 0.6 is 23.1 Å². The second-order valence-electron chi connectivity index (χ2n) is 7.83. The fourth-order valence-electron chi connectivity index (χ4n) is 4.15. The second kappa shape index (κ2) is 8.25. The fourth-order valence-corrected chi connectivity index (χ4v) is 6.06. The normalized spacial score (nSPS) is 17.8. The molecule has 1 aliphatic heterocycles. The Morgan fingerprint density at radius 2 is 1.94 bits per heavy atom. The molecule has 3 aromatic heterocycles. The van der Waals surface area contributed by atoms with Gasteiger partial charge in [0.25, 0.3) is 11.1 Å². The highest BCUT2D eigenvalue weighted by Gasteiger charge is 2.27. The van der Waals surface area contributed by atoms with Crippen molar-refractivity contribution >= 4 is 39.1 Å². The van der Waals surface area contributed by atoms with Gasteiger partial charge >= 0.3 is 0 Å². The predicted octanol–water partition coefficient (Wildman–Crippen LogP) is 4.73. The Balaban J connectivity index is 1.17. The average molecular weight is 468 g/mol. The minimum absolute atomic E-state index is 0.322. The summed E-state index contributed by atoms with van der Waals surface area (Å²) in [5.74, 6) is 3.51. The van der Waals surface area contributed by atoms with Crippen LogP contribution in [0.2, 0.25) is 0 Å². The van der Waals surface area contributed by atoms with Crippen LogP contribution in [0, 0.1) is 0 Å². The number of para-hydroxylation sites is 2. The molecular weight excluding hydrogens is 446 g/mol. The van der Waals surface area contributed by atoms with E-state index in [1.165, 1.54) is 41.5 Å². The summed E-state index contributed by atoms with van der Waals surface area (Å²) in [4.78, 5) is 11.7. The van der Waals surface area contributed by atoms with Crippen molar-refractivity contribution in [1.82, 2.24) is 20.2 Å². The molecule has 0 saturated heterocycles. The summed E-state index contributed by atoms with van der Waals surface area (Å²) in [6.07, 6.45) is 5.46. The summed E-state index contributed by atoms with van der Waals surface area (Å²) < 4.78 is 17.5. The smallest absolute Gasteiger partial charge is 0.277 e. The molecule has 1 aromatic carbocycles. The van der Waals surface area contributed by atoms with Gasteiger partial charge in [0, 0.05) is 4.88 Å². The fraction of sp³-hybridized carbons (Fsp3) is 0.364. The molecule has 2 N–H and O–H groups in total. The number of hydrogen-bond donors (Lipinski definition) is 1. The molecule has 4 aromatic rings. The third-order valence-electron chi connectivity index (χ3n) is 5.67. The molecule has 2 aliphatic rings. The number of ether oxygens (including phenoxy) is 2. The Bertz CT molecular complexity index is 1290. The van der Waals surface area contributed by atoms with Gasteiger partial charge in [0.2, 0.25) is 6.10 Å². The van der Waals surface area contributed by atoms with Gasteiger partial charge in [-0.25, -0.2) is 9.97 Å². The molecule has 1 unspecified atom stereocenters. The Morgan fingerprint density at radius 1 is 1.06 bits per heavy atom. The number of hydrogen-bond acceptors (Lipinski definition) is 10. The minimum Gasteiger partial charge on any atom is -0.485 e. The number of nitrogens with two attached hydrogens (primary N) is 1. The van der Waals surface area contributed by atoms with Crippen LogP contribution in [0.1, 0.15) is 47.5 Å². The zero-order valence-corrected chi connectivity index (χ0v) is 18.9. The van der Waals surface area contributed by atoms with Crippen LogP contribution in [-0.2, 0) is 18.6 Å². The summed E-state index contributed by atoms with van der Waals surface area (Å²) in [5.41, 5.74) is 7.71. The van der Waals surface area contributed by atoms with E-state index in [0.717, 1.165) is 23.1 Å². The number of anilines is 1. The molecule has 0 spiro atoms. The molecule has 0 amide bonds. The molecule has 164 valence electrons. The van der Waals surface area contributed by atoms with E-state index in [1.54, 1.807) is 11.3 Å². The van der Waals surface area contributed by atoms with Crippen LogP contribution in [0.15, 0.2) is 33.9 Å². The number of aryl methyl sites for hydroxylation is 2. The summed E-state index contributed by atoms with van der Waals surface area (Å²) in [7, 11) is 0. The van der Waals surface area contributed by atoms with Crippen molar-refractivity contribution in [2.45, 2.75) is 49.2 Å². The van der Waals surface area contributed by atoms with Crippen molar-refractivity contribution in [1.29, 1.82) is 0 Å². The van der Waals surface area contributed by atoms with E-state index in [2.05, 4.69) is 15.2 Å². The first kappa shape index (κ1) is 19.8. The third kappa shape index (κ3) is 3.67. The number of thiophene rings is 1. The van der Waals surface area contributed by atoms with Crippen LogP contribution in [-0.4, -0.2) is 26.8 Å². The molecular formula is C22H21N5O3S2. The largest absolute Gasteiger partial charge is 0.485 e. The summed E-state index contributed by atoms with van der Waals surface area (Å²) in [5, 5.41) is 9.76. The molecule has 0 bridgehead atoms. The van der Waals surface area contributed by atoms with E-state index >= 15 is 0 Å². The van der Waals surface area contributed by atoms with Gasteiger partial charge in [-0.05, 0) is 43.4 Å². The number of aromatic nitrogens is 4. The zero-order valence-electron chi connectivity index (χ0n) is 17.2. The lowest BCUT2D eigenvalue weighted by Crippen LogP contribution is -2.21. The summed E-state index contributed by atoms with van der Waals surface area (Å²) in [6.45, 7) is 0.322. The van der Waals surface area contributed by atoms with Crippen molar-refractivity contribution in [3.05, 3.63) is 46.4 Å². The molecule has 0 radical (unpaired) electrons. The highest BCUT2D eigenvalue weighted by Crippen LogP contribution is 2.38. The number of nitrogens with zero attached hydrogens (tertiary/aromatic N) is 4. The maximum Gasteiger partial charge on any atom is 0.277 e. The van der Waals surface area contributed by atoms with E-state index in [-0.39, 0.29) is 0 Å². The highest BCUT2D eigenvalue weighted by atomic mass is 32.2. The van der Waals surface area contributed by atoms with E-state index in [0.29, 0.717) is 46.6 Å². The van der Waals surface area contributed by atoms with Gasteiger partial charge in [-0.3, -0.25) is 0 Å². The Labute approximate surface area is 192 Å². The molecule has 32 heavy (non-hydrogen) atoms. The number of benzene rings is 1. The Morgan fingerprint density at radius 3 is 2.88 bits per heavy atom. The first-order chi connectivity index (χ1) is 15.7. The Hall–Kier alpha value is -2.85. The van der Waals surface area contributed by atoms with E-state index in [9.17, 15) is 0 Å². The number of fused-ring (bicyclic) bond motifs is 4. The molecule has 1 atom stereocenters. The van der Waals surface area contributed by atoms with Crippen LogP contribution in [0.25, 0.3) is 10.2 Å². The monoisotopic (exact) mass is 467 g/mol. The van der Waals surface area contributed by atoms with Gasteiger partial charge in [0.15, 0.2) is 11.5 Å². The highest BCUT2D eigenvalue weighted by molar-refractivity contribution is 7.98. The quantitative estimate of drug-likeness (QED) is 0.336. The standard InChI is InChI=1S/C22H21N5O3S2/c23-19-18-12-6-2-1-3-9-16(12)32-21(18)25-17(24-19)11-31-22-27-26-20(30-22)15-10-28-13-7-4-5-8-14(13)29-15/h4-5,7-8,15H,1-3,6,9-11H2,(H2,23,24,25). The van der Waals surface area contributed by atoms with E-state index in [1.807, 2.05) is 24.3 Å². The van der Waals surface area contributed by atoms with E-state index < -0.39 is 6.10 Å². The minimum atomic E-state index is -0.434. The molecule has 4 heterocycles. The van der Waals surface area contributed by atoms with Gasteiger partial charge in [0.05, 0.1) is 11.1 Å². The lowest BCUT2D eigenvalue weighted by Gasteiger charge is -2.23. The zero-order chi connectivity index (χ0) is 21.5. The molecule has 0 fully saturated rings. The molecule has 10 heteroatoms. The number of thioether (sulfide) groups is 1. The van der Waals surface area contributed by atoms with Gasteiger partial charge in [-0.15, -0.1) is 21.5 Å². The molecule has 6 rings (SSSR count). The summed E-state index contributed by atoms with van der Waals surface area (Å²) >= 11 is 3.15. The van der Waals surface area contributed by atoms with Crippen LogP contribution in [0.4, 0.5) is 5.82 Å². The van der Waals surface area contributed by atoms with Crippen molar-refractivity contribution in [3.8, 4) is 11.5 Å². The Kier molecular flexibility index (Phi) is 5.11. The average Bonchev–Trinajstić information content (AvgIpc) is 3.36. The molecule has 0 saturated carbocycles. The van der Waals surface area contributed by atoms with Crippen molar-refractivity contribution < 1.29 is 13.9 Å². The summed E-state index contributed by atoms with van der Waals surface area (Å²) in [6, 6.07) is 7.53. The van der Waals surface area contributed by atoms with Crippen LogP contribution < -0.4 is 15.2 Å². The predicted molar refractivity (Wildman–Crippen MR) is 122 cm³/mol. The van der Waals surface area contributed by atoms with Crippen molar-refractivity contribution in [2.75, 3.05) is 12.3 Å². The van der Waals surface area contributed by atoms with Crippen molar-refractivity contribution in [3.63, 3.8) is 0 Å². The molecule has 8 nitrogen and oxygen atoms in total. The van der Waals surface area contributed by atoms with Crippen molar-refractivity contribution in [2.24, 2.45) is 0 Å². The second-order valence-corrected chi connectivity index (χ2v) is 9.84. The van der Waals surface area contributed by atoms with Gasteiger partial charge in [-0.2, -0.15) is 0 Å². The SMILES string of the molecule is Nc1nc(CSc2nnc(C3COc4ccccc4O3)o2)nc2sc3c(c12)CCCCC3. The van der Waals surface area contributed by atoms with Gasteiger partial charge < -0.3 is 19.6 Å². The molecule has 1 aliphatic carbocycles.